The number of esters is 3. The van der Waals surface area contributed by atoms with Crippen LogP contribution in [0.3, 0.4) is 0 Å². The minimum absolute atomic E-state index is 0.0328. The second-order valence-electron chi connectivity index (χ2n) is 19.8. The summed E-state index contributed by atoms with van der Waals surface area (Å²) in [5.41, 5.74) is 0. The Hall–Kier alpha value is -4.12. The highest BCUT2D eigenvalue weighted by molar-refractivity contribution is 7.47. The number of aliphatic hydroxyl groups excluding tert-OH is 1. The summed E-state index contributed by atoms with van der Waals surface area (Å²) >= 11 is 0. The van der Waals surface area contributed by atoms with Gasteiger partial charge in [-0.3, -0.25) is 23.4 Å². The fourth-order valence-corrected chi connectivity index (χ4v) is 8.65. The van der Waals surface area contributed by atoms with Crippen LogP contribution in [0.4, 0.5) is 0 Å². The zero-order valence-electron chi connectivity index (χ0n) is 49.1. The van der Waals surface area contributed by atoms with Gasteiger partial charge < -0.3 is 24.2 Å². The van der Waals surface area contributed by atoms with E-state index in [0.717, 1.165) is 77.0 Å². The Bertz CT molecular complexity index is 1770. The average Bonchev–Trinajstić information content (AvgIpc) is 3.43. The summed E-state index contributed by atoms with van der Waals surface area (Å²) in [4.78, 5) is 48.6. The summed E-state index contributed by atoms with van der Waals surface area (Å²) in [6.45, 7) is 4.26. The van der Waals surface area contributed by atoms with Gasteiger partial charge in [0.25, 0.3) is 0 Å². The zero-order chi connectivity index (χ0) is 56.9. The summed E-state index contributed by atoms with van der Waals surface area (Å²) in [6, 6.07) is 0. The second kappa shape index (κ2) is 59.0. The van der Waals surface area contributed by atoms with E-state index in [4.69, 9.17) is 23.3 Å². The number of unbranched alkanes of at least 4 members (excludes halogenated alkanes) is 18. The van der Waals surface area contributed by atoms with Gasteiger partial charge in [0, 0.05) is 19.3 Å². The van der Waals surface area contributed by atoms with Gasteiger partial charge in [-0.05, 0) is 83.5 Å². The number of allylic oxidation sites excluding steroid dienone is 20. The fourth-order valence-electron chi connectivity index (χ4n) is 7.87. The van der Waals surface area contributed by atoms with Crippen molar-refractivity contribution >= 4 is 25.7 Å². The smallest absolute Gasteiger partial charge is 0.462 e. The van der Waals surface area contributed by atoms with Crippen LogP contribution in [0, 0.1) is 0 Å². The minimum Gasteiger partial charge on any atom is -0.462 e. The van der Waals surface area contributed by atoms with Crippen molar-refractivity contribution in [3.63, 3.8) is 0 Å². The Labute approximate surface area is 475 Å². The molecular weight excluding hydrogens is 1000 g/mol. The number of ether oxygens (including phenoxy) is 3. The van der Waals surface area contributed by atoms with Gasteiger partial charge in [-0.1, -0.05) is 258 Å². The molecule has 0 aromatic carbocycles. The van der Waals surface area contributed by atoms with E-state index < -0.39 is 57.8 Å². The molecule has 0 bridgehead atoms. The molecule has 0 radical (unpaired) electrons. The topological polar surface area (TPSA) is 155 Å². The Balaban J connectivity index is 4.87. The Kier molecular flexibility index (Phi) is 55.9. The number of aliphatic hydroxyl groups is 1. The standard InChI is InChI=1S/C66H109O11P/c1-4-7-10-13-16-19-22-25-27-29-31-33-35-38-40-43-46-49-52-55-64(68)73-59-63(77-66(70)57-54-51-48-45-42-39-36-34-32-30-28-26-23-20-17-14-11-8-5-2)61-75-78(71,72)74-60-62(58-67)76-65(69)56-53-50-47-44-41-37-24-21-18-15-12-9-6-3/h8-9,11-12,17-18,20-21,26,28,32,34,37,39,41-42,47-48,50-51,62-63,67H,4-7,10,13-16,19,22-25,27,29-31,33,35-36,38,40,43-46,49,52-61H2,1-3H3,(H,71,72)/b11-8-,12-9-,20-17-,21-18-,28-26-,34-32-,41-37-,42-39-,50-47-,51-48-. The van der Waals surface area contributed by atoms with Crippen molar-refractivity contribution in [2.24, 2.45) is 0 Å². The predicted molar refractivity (Wildman–Crippen MR) is 325 cm³/mol. The molecule has 78 heavy (non-hydrogen) atoms. The molecule has 0 aliphatic rings. The van der Waals surface area contributed by atoms with Gasteiger partial charge in [0.05, 0.1) is 19.8 Å². The molecule has 2 N–H and O–H groups in total. The van der Waals surface area contributed by atoms with Gasteiger partial charge in [-0.25, -0.2) is 4.57 Å². The normalized spacial score (nSPS) is 14.2. The SMILES string of the molecule is CC/C=C\C/C=C\C/C=C\C/C=C\C/C=C\C/C=C\CCC(=O)OC(COC(=O)CCCCCCCCCCCCCCCCCCCCC)COP(=O)(O)OCC(CO)OC(=O)CC/C=C\C/C=C\C/C=C\C/C=C\CC. The molecule has 0 fully saturated rings. The molecule has 0 aliphatic carbocycles. The fraction of sp³-hybridized carbons (Fsp3) is 0.652. The van der Waals surface area contributed by atoms with E-state index in [2.05, 4.69) is 112 Å². The first kappa shape index (κ1) is 73.9. The van der Waals surface area contributed by atoms with E-state index >= 15 is 0 Å². The van der Waals surface area contributed by atoms with Gasteiger partial charge in [0.2, 0.25) is 0 Å². The third-order valence-corrected chi connectivity index (χ3v) is 13.4. The zero-order valence-corrected chi connectivity index (χ0v) is 50.0. The lowest BCUT2D eigenvalue weighted by molar-refractivity contribution is -0.161. The van der Waals surface area contributed by atoms with E-state index in [1.807, 2.05) is 30.4 Å². The van der Waals surface area contributed by atoms with Gasteiger partial charge in [0.1, 0.15) is 12.7 Å². The lowest BCUT2D eigenvalue weighted by Crippen LogP contribution is -2.30. The van der Waals surface area contributed by atoms with Crippen molar-refractivity contribution in [2.75, 3.05) is 26.4 Å². The molecule has 0 aliphatic heterocycles. The van der Waals surface area contributed by atoms with Crippen LogP contribution in [-0.4, -0.2) is 66.5 Å². The van der Waals surface area contributed by atoms with Crippen molar-refractivity contribution in [3.05, 3.63) is 122 Å². The summed E-state index contributed by atoms with van der Waals surface area (Å²) in [7, 11) is -4.79. The molecule has 3 unspecified atom stereocenters. The highest BCUT2D eigenvalue weighted by Crippen LogP contribution is 2.43. The number of carbonyl (C=O) groups excluding carboxylic acids is 3. The summed E-state index contributed by atoms with van der Waals surface area (Å²) in [5, 5.41) is 9.80. The van der Waals surface area contributed by atoms with E-state index in [1.165, 1.54) is 96.3 Å². The van der Waals surface area contributed by atoms with E-state index in [9.17, 15) is 28.9 Å². The summed E-state index contributed by atoms with van der Waals surface area (Å²) in [5.74, 6) is -1.66. The predicted octanol–water partition coefficient (Wildman–Crippen LogP) is 18.4. The third-order valence-electron chi connectivity index (χ3n) is 12.4. The average molecular weight is 1110 g/mol. The first-order valence-corrected chi connectivity index (χ1v) is 31.9. The molecule has 0 heterocycles. The van der Waals surface area contributed by atoms with Crippen molar-refractivity contribution in [3.8, 4) is 0 Å². The van der Waals surface area contributed by atoms with Gasteiger partial charge in [0.15, 0.2) is 6.10 Å². The van der Waals surface area contributed by atoms with Gasteiger partial charge in [-0.15, -0.1) is 0 Å². The number of rotatable bonds is 55. The summed E-state index contributed by atoms with van der Waals surface area (Å²) < 4.78 is 39.4. The third kappa shape index (κ3) is 56.6. The maximum Gasteiger partial charge on any atom is 0.472 e. The molecule has 0 saturated carbocycles. The molecule has 0 aromatic rings. The van der Waals surface area contributed by atoms with Crippen LogP contribution >= 0.6 is 7.82 Å². The molecule has 3 atom stereocenters. The number of phosphoric acid groups is 1. The highest BCUT2D eigenvalue weighted by atomic mass is 31.2. The summed E-state index contributed by atoms with van der Waals surface area (Å²) in [6.07, 6.45) is 73.4. The highest BCUT2D eigenvalue weighted by Gasteiger charge is 2.28. The quantitative estimate of drug-likeness (QED) is 0.0197. The molecule has 11 nitrogen and oxygen atoms in total. The van der Waals surface area contributed by atoms with Crippen LogP contribution in [-0.2, 0) is 42.2 Å². The number of hydrogen-bond acceptors (Lipinski definition) is 10. The largest absolute Gasteiger partial charge is 0.472 e. The molecule has 0 amide bonds. The number of hydrogen-bond donors (Lipinski definition) is 2. The monoisotopic (exact) mass is 1110 g/mol. The Morgan fingerprint density at radius 1 is 0.372 bits per heavy atom. The van der Waals surface area contributed by atoms with Crippen LogP contribution in [0.1, 0.15) is 239 Å². The van der Waals surface area contributed by atoms with Crippen LogP contribution < -0.4 is 0 Å². The number of carbonyl (C=O) groups is 3. The molecular formula is C66H109O11P. The van der Waals surface area contributed by atoms with Crippen LogP contribution in [0.15, 0.2) is 122 Å². The van der Waals surface area contributed by atoms with Crippen molar-refractivity contribution < 1.29 is 52.2 Å². The second-order valence-corrected chi connectivity index (χ2v) is 21.2. The molecule has 0 rings (SSSR count). The van der Waals surface area contributed by atoms with Gasteiger partial charge >= 0.3 is 25.7 Å². The van der Waals surface area contributed by atoms with Crippen molar-refractivity contribution in [1.82, 2.24) is 0 Å². The maximum atomic E-state index is 12.9. The molecule has 0 saturated heterocycles. The van der Waals surface area contributed by atoms with E-state index in [1.54, 1.807) is 0 Å². The molecule has 444 valence electrons. The molecule has 12 heteroatoms. The Morgan fingerprint density at radius 2 is 0.667 bits per heavy atom. The van der Waals surface area contributed by atoms with Crippen LogP contribution in [0.2, 0.25) is 0 Å². The first-order valence-electron chi connectivity index (χ1n) is 30.4. The Morgan fingerprint density at radius 3 is 1.00 bits per heavy atom. The lowest BCUT2D eigenvalue weighted by Gasteiger charge is -2.21. The van der Waals surface area contributed by atoms with E-state index in [0.29, 0.717) is 25.7 Å². The van der Waals surface area contributed by atoms with Crippen molar-refractivity contribution in [1.29, 1.82) is 0 Å². The number of phosphoric ester groups is 1. The maximum absolute atomic E-state index is 12.9. The molecule has 0 aromatic heterocycles. The van der Waals surface area contributed by atoms with Gasteiger partial charge in [-0.2, -0.15) is 0 Å². The van der Waals surface area contributed by atoms with Crippen LogP contribution in [0.25, 0.3) is 0 Å². The first-order chi connectivity index (χ1) is 38.2. The van der Waals surface area contributed by atoms with Crippen LogP contribution in [0.5, 0.6) is 0 Å². The lowest BCUT2D eigenvalue weighted by atomic mass is 10.0. The molecule has 0 spiro atoms. The van der Waals surface area contributed by atoms with E-state index in [-0.39, 0.29) is 25.9 Å². The minimum atomic E-state index is -4.79. The van der Waals surface area contributed by atoms with Crippen molar-refractivity contribution in [2.45, 2.75) is 251 Å².